The Labute approximate surface area is 117 Å². The second-order valence-corrected chi connectivity index (χ2v) is 5.09. The SMILES string of the molecule is CC1=CC(c2cc(C(F)(F)F)cc(C(F)(F)F)c2)=CC1C. The first-order chi connectivity index (χ1) is 9.48. The Morgan fingerprint density at radius 2 is 1.33 bits per heavy atom. The van der Waals surface area contributed by atoms with Gasteiger partial charge in [-0.25, -0.2) is 0 Å². The lowest BCUT2D eigenvalue weighted by atomic mass is 9.99. The fourth-order valence-corrected chi connectivity index (χ4v) is 2.13. The van der Waals surface area contributed by atoms with Gasteiger partial charge in [-0.15, -0.1) is 0 Å². The molecule has 0 saturated heterocycles. The van der Waals surface area contributed by atoms with Crippen molar-refractivity contribution >= 4 is 5.57 Å². The molecule has 21 heavy (non-hydrogen) atoms. The second-order valence-electron chi connectivity index (χ2n) is 5.09. The van der Waals surface area contributed by atoms with Gasteiger partial charge < -0.3 is 0 Å². The molecule has 0 spiro atoms. The molecule has 1 atom stereocenters. The van der Waals surface area contributed by atoms with Crippen molar-refractivity contribution in [3.8, 4) is 0 Å². The molecule has 1 aromatic carbocycles. The normalized spacial score (nSPS) is 19.5. The zero-order valence-electron chi connectivity index (χ0n) is 11.2. The molecule has 1 aliphatic rings. The van der Waals surface area contributed by atoms with E-state index in [0.717, 1.165) is 17.7 Å². The first-order valence-corrected chi connectivity index (χ1v) is 6.18. The van der Waals surface area contributed by atoms with E-state index in [4.69, 9.17) is 0 Å². The topological polar surface area (TPSA) is 0 Å². The van der Waals surface area contributed by atoms with Crippen LogP contribution in [0.25, 0.3) is 5.57 Å². The van der Waals surface area contributed by atoms with E-state index in [1.807, 2.05) is 6.92 Å². The molecule has 0 fully saturated rings. The molecular formula is C15H12F6. The Kier molecular flexibility index (Phi) is 3.68. The summed E-state index contributed by atoms with van der Waals surface area (Å²) in [5.41, 5.74) is -1.37. The van der Waals surface area contributed by atoms with Crippen LogP contribution >= 0.6 is 0 Å². The zero-order chi connectivity index (χ0) is 16.0. The van der Waals surface area contributed by atoms with Gasteiger partial charge in [0.05, 0.1) is 11.1 Å². The number of alkyl halides is 6. The minimum absolute atomic E-state index is 0.00359. The molecular weight excluding hydrogens is 294 g/mol. The van der Waals surface area contributed by atoms with Crippen molar-refractivity contribution in [1.29, 1.82) is 0 Å². The van der Waals surface area contributed by atoms with Gasteiger partial charge in [0.25, 0.3) is 0 Å². The molecule has 1 unspecified atom stereocenters. The van der Waals surface area contributed by atoms with E-state index < -0.39 is 23.5 Å². The van der Waals surface area contributed by atoms with Crippen LogP contribution in [0.1, 0.15) is 30.5 Å². The highest BCUT2D eigenvalue weighted by Gasteiger charge is 2.37. The third-order valence-corrected chi connectivity index (χ3v) is 3.45. The first-order valence-electron chi connectivity index (χ1n) is 6.18. The maximum Gasteiger partial charge on any atom is 0.416 e. The first kappa shape index (κ1) is 15.7. The fraction of sp³-hybridized carbons (Fsp3) is 0.333. The van der Waals surface area contributed by atoms with E-state index in [1.165, 1.54) is 0 Å². The molecule has 0 N–H and O–H groups in total. The predicted octanol–water partition coefficient (Wildman–Crippen LogP) is 5.70. The van der Waals surface area contributed by atoms with Gasteiger partial charge in [0.1, 0.15) is 0 Å². The van der Waals surface area contributed by atoms with E-state index in [-0.39, 0.29) is 17.5 Å². The van der Waals surface area contributed by atoms with Crippen LogP contribution in [0.2, 0.25) is 0 Å². The van der Waals surface area contributed by atoms with Crippen LogP contribution in [-0.2, 0) is 12.4 Å². The van der Waals surface area contributed by atoms with Gasteiger partial charge in [-0.3, -0.25) is 0 Å². The van der Waals surface area contributed by atoms with E-state index in [9.17, 15) is 26.3 Å². The standard InChI is InChI=1S/C15H12F6/c1-8-3-10(4-9(8)2)11-5-12(14(16,17)18)7-13(6-11)15(19,20)21/h3-8H,1-2H3. The Bertz CT molecular complexity index is 584. The second kappa shape index (κ2) is 4.93. The lowest BCUT2D eigenvalue weighted by Gasteiger charge is -2.14. The summed E-state index contributed by atoms with van der Waals surface area (Å²) < 4.78 is 76.6. The van der Waals surface area contributed by atoms with Gasteiger partial charge in [0, 0.05) is 0 Å². The van der Waals surface area contributed by atoms with Crippen LogP contribution in [0.3, 0.4) is 0 Å². The summed E-state index contributed by atoms with van der Waals surface area (Å²) in [7, 11) is 0. The van der Waals surface area contributed by atoms with E-state index in [2.05, 4.69) is 0 Å². The summed E-state index contributed by atoms with van der Waals surface area (Å²) >= 11 is 0. The number of allylic oxidation sites excluding steroid dienone is 4. The molecule has 6 heteroatoms. The quantitative estimate of drug-likeness (QED) is 0.583. The van der Waals surface area contributed by atoms with Crippen LogP contribution in [0.4, 0.5) is 26.3 Å². The number of hydrogen-bond donors (Lipinski definition) is 0. The highest BCUT2D eigenvalue weighted by atomic mass is 19.4. The maximum atomic E-state index is 12.8. The molecule has 0 saturated carbocycles. The van der Waals surface area contributed by atoms with Crippen LogP contribution < -0.4 is 0 Å². The smallest absolute Gasteiger partial charge is 0.166 e. The molecule has 0 amide bonds. The fourth-order valence-electron chi connectivity index (χ4n) is 2.13. The molecule has 114 valence electrons. The molecule has 0 radical (unpaired) electrons. The summed E-state index contributed by atoms with van der Waals surface area (Å²) in [6.07, 6.45) is -6.37. The highest BCUT2D eigenvalue weighted by Crippen LogP contribution is 2.39. The highest BCUT2D eigenvalue weighted by molar-refractivity contribution is 5.78. The lowest BCUT2D eigenvalue weighted by molar-refractivity contribution is -0.143. The zero-order valence-corrected chi connectivity index (χ0v) is 11.2. The van der Waals surface area contributed by atoms with Gasteiger partial charge in [0.2, 0.25) is 0 Å². The summed E-state index contributed by atoms with van der Waals surface area (Å²) in [5.74, 6) is 0.00359. The minimum Gasteiger partial charge on any atom is -0.166 e. The molecule has 0 nitrogen and oxygen atoms in total. The molecule has 0 heterocycles. The predicted molar refractivity (Wildman–Crippen MR) is 67.3 cm³/mol. The van der Waals surface area contributed by atoms with Gasteiger partial charge in [-0.2, -0.15) is 26.3 Å². The van der Waals surface area contributed by atoms with Crippen molar-refractivity contribution in [2.75, 3.05) is 0 Å². The summed E-state index contributed by atoms with van der Waals surface area (Å²) in [6.45, 7) is 3.61. The van der Waals surface area contributed by atoms with Crippen molar-refractivity contribution < 1.29 is 26.3 Å². The van der Waals surface area contributed by atoms with Gasteiger partial charge in [-0.1, -0.05) is 24.6 Å². The third kappa shape index (κ3) is 3.31. The summed E-state index contributed by atoms with van der Waals surface area (Å²) in [5, 5.41) is 0. The Balaban J connectivity index is 2.60. The number of rotatable bonds is 1. The van der Waals surface area contributed by atoms with E-state index >= 15 is 0 Å². The molecule has 0 aromatic heterocycles. The van der Waals surface area contributed by atoms with Crippen LogP contribution in [0, 0.1) is 5.92 Å². The van der Waals surface area contributed by atoms with Crippen LogP contribution in [0.5, 0.6) is 0 Å². The van der Waals surface area contributed by atoms with Gasteiger partial charge in [-0.05, 0) is 42.2 Å². The maximum absolute atomic E-state index is 12.8. The molecule has 1 aromatic rings. The largest absolute Gasteiger partial charge is 0.416 e. The van der Waals surface area contributed by atoms with Crippen molar-refractivity contribution in [2.45, 2.75) is 26.2 Å². The average molecular weight is 306 g/mol. The molecule has 2 rings (SSSR count). The Morgan fingerprint density at radius 1 is 0.857 bits per heavy atom. The van der Waals surface area contributed by atoms with E-state index in [0.29, 0.717) is 5.57 Å². The number of halogens is 6. The molecule has 0 bridgehead atoms. The third-order valence-electron chi connectivity index (χ3n) is 3.45. The number of hydrogen-bond acceptors (Lipinski definition) is 0. The molecule has 0 aliphatic heterocycles. The minimum atomic E-state index is -4.82. The Hall–Kier alpha value is -1.72. The van der Waals surface area contributed by atoms with Crippen molar-refractivity contribution in [2.24, 2.45) is 5.92 Å². The monoisotopic (exact) mass is 306 g/mol. The van der Waals surface area contributed by atoms with Crippen molar-refractivity contribution in [1.82, 2.24) is 0 Å². The Morgan fingerprint density at radius 3 is 1.67 bits per heavy atom. The molecule has 1 aliphatic carbocycles. The van der Waals surface area contributed by atoms with Gasteiger partial charge >= 0.3 is 12.4 Å². The van der Waals surface area contributed by atoms with Crippen LogP contribution in [-0.4, -0.2) is 0 Å². The average Bonchev–Trinajstić information content (AvgIpc) is 2.67. The van der Waals surface area contributed by atoms with Crippen molar-refractivity contribution in [3.63, 3.8) is 0 Å². The summed E-state index contributed by atoms with van der Waals surface area (Å²) in [4.78, 5) is 0. The number of benzene rings is 1. The van der Waals surface area contributed by atoms with Gasteiger partial charge in [0.15, 0.2) is 0 Å². The lowest BCUT2D eigenvalue weighted by Crippen LogP contribution is -2.11. The van der Waals surface area contributed by atoms with Crippen LogP contribution in [0.15, 0.2) is 35.9 Å². The van der Waals surface area contributed by atoms with E-state index in [1.54, 1.807) is 19.1 Å². The van der Waals surface area contributed by atoms with Crippen molar-refractivity contribution in [3.05, 3.63) is 52.6 Å². The summed E-state index contributed by atoms with van der Waals surface area (Å²) in [6, 6.07) is 1.64.